The highest BCUT2D eigenvalue weighted by Crippen LogP contribution is 2.32. The molecule has 0 bridgehead atoms. The van der Waals surface area contributed by atoms with E-state index in [1.165, 1.54) is 5.56 Å². The minimum Gasteiger partial charge on any atom is -0.493 e. The number of nitrogens with one attached hydrogen (secondary N) is 1. The van der Waals surface area contributed by atoms with Crippen LogP contribution in [0.15, 0.2) is 34.9 Å². The average Bonchev–Trinajstić information content (AvgIpc) is 3.04. The molecule has 0 aliphatic carbocycles. The SMILES string of the molecule is COc1cnn(C)c1C(NN)c1cc2cc(C)ccc2o1. The minimum absolute atomic E-state index is 0.333. The zero-order valence-electron chi connectivity index (χ0n) is 12.3. The molecule has 0 fully saturated rings. The molecule has 2 aromatic heterocycles. The molecular formula is C15H18N4O2. The van der Waals surface area contributed by atoms with Crippen molar-refractivity contribution in [2.75, 3.05) is 7.11 Å². The van der Waals surface area contributed by atoms with Crippen LogP contribution in [0.2, 0.25) is 0 Å². The van der Waals surface area contributed by atoms with Gasteiger partial charge in [-0.2, -0.15) is 5.10 Å². The van der Waals surface area contributed by atoms with Gasteiger partial charge in [0.25, 0.3) is 0 Å². The molecule has 1 atom stereocenters. The molecule has 0 radical (unpaired) electrons. The highest BCUT2D eigenvalue weighted by molar-refractivity contribution is 5.79. The molecule has 3 N–H and O–H groups in total. The normalized spacial score (nSPS) is 12.8. The predicted molar refractivity (Wildman–Crippen MR) is 79.9 cm³/mol. The van der Waals surface area contributed by atoms with Gasteiger partial charge in [0.2, 0.25) is 0 Å². The fourth-order valence-corrected chi connectivity index (χ4v) is 2.53. The monoisotopic (exact) mass is 286 g/mol. The van der Waals surface area contributed by atoms with Crippen molar-refractivity contribution in [1.29, 1.82) is 0 Å². The lowest BCUT2D eigenvalue weighted by Gasteiger charge is -2.15. The van der Waals surface area contributed by atoms with Gasteiger partial charge in [0.15, 0.2) is 5.75 Å². The van der Waals surface area contributed by atoms with Crippen molar-refractivity contribution in [2.24, 2.45) is 12.9 Å². The maximum absolute atomic E-state index is 5.92. The molecule has 110 valence electrons. The molecular weight excluding hydrogens is 268 g/mol. The van der Waals surface area contributed by atoms with E-state index in [4.69, 9.17) is 15.0 Å². The molecule has 0 aliphatic heterocycles. The lowest BCUT2D eigenvalue weighted by molar-refractivity contribution is 0.391. The third kappa shape index (κ3) is 2.28. The lowest BCUT2D eigenvalue weighted by Crippen LogP contribution is -2.30. The van der Waals surface area contributed by atoms with Gasteiger partial charge in [0, 0.05) is 12.4 Å². The highest BCUT2D eigenvalue weighted by atomic mass is 16.5. The molecule has 6 nitrogen and oxygen atoms in total. The Kier molecular flexibility index (Phi) is 3.40. The van der Waals surface area contributed by atoms with Crippen LogP contribution in [0.5, 0.6) is 5.75 Å². The minimum atomic E-state index is -0.333. The summed E-state index contributed by atoms with van der Waals surface area (Å²) in [6.07, 6.45) is 1.66. The Bertz CT molecular complexity index is 775. The fraction of sp³-hybridized carbons (Fsp3) is 0.267. The topological polar surface area (TPSA) is 78.2 Å². The number of hydrogen-bond acceptors (Lipinski definition) is 5. The molecule has 0 spiro atoms. The molecule has 3 aromatic rings. The first-order chi connectivity index (χ1) is 10.1. The van der Waals surface area contributed by atoms with Gasteiger partial charge in [-0.3, -0.25) is 10.5 Å². The molecule has 0 saturated carbocycles. The quantitative estimate of drug-likeness (QED) is 0.567. The highest BCUT2D eigenvalue weighted by Gasteiger charge is 2.24. The Morgan fingerprint density at radius 3 is 2.90 bits per heavy atom. The Hall–Kier alpha value is -2.31. The summed E-state index contributed by atoms with van der Waals surface area (Å²) in [5.41, 5.74) is 5.61. The van der Waals surface area contributed by atoms with Crippen molar-refractivity contribution in [2.45, 2.75) is 13.0 Å². The summed E-state index contributed by atoms with van der Waals surface area (Å²) >= 11 is 0. The van der Waals surface area contributed by atoms with Crippen LogP contribution in [-0.4, -0.2) is 16.9 Å². The van der Waals surface area contributed by atoms with E-state index in [9.17, 15) is 0 Å². The number of nitrogens with zero attached hydrogens (tertiary/aromatic N) is 2. The first kappa shape index (κ1) is 13.7. The largest absolute Gasteiger partial charge is 0.493 e. The zero-order valence-corrected chi connectivity index (χ0v) is 12.3. The molecule has 1 aromatic carbocycles. The van der Waals surface area contributed by atoms with E-state index in [0.717, 1.165) is 22.4 Å². The fourth-order valence-electron chi connectivity index (χ4n) is 2.53. The summed E-state index contributed by atoms with van der Waals surface area (Å²) in [5, 5.41) is 5.25. The van der Waals surface area contributed by atoms with Crippen LogP contribution >= 0.6 is 0 Å². The Labute approximate surface area is 122 Å². The van der Waals surface area contributed by atoms with Gasteiger partial charge in [-0.25, -0.2) is 5.43 Å². The van der Waals surface area contributed by atoms with Crippen molar-refractivity contribution in [3.63, 3.8) is 0 Å². The van der Waals surface area contributed by atoms with E-state index < -0.39 is 0 Å². The van der Waals surface area contributed by atoms with Crippen molar-refractivity contribution in [1.82, 2.24) is 15.2 Å². The standard InChI is InChI=1S/C15H18N4O2/c1-9-4-5-11-10(6-9)7-12(21-11)14(18-16)15-13(20-3)8-17-19(15)2/h4-8,14,18H,16H2,1-3H3. The van der Waals surface area contributed by atoms with Gasteiger partial charge in [-0.1, -0.05) is 11.6 Å². The molecule has 0 amide bonds. The van der Waals surface area contributed by atoms with Gasteiger partial charge in [0.05, 0.1) is 13.3 Å². The van der Waals surface area contributed by atoms with Crippen LogP contribution in [0.4, 0.5) is 0 Å². The van der Waals surface area contributed by atoms with Crippen LogP contribution in [0.1, 0.15) is 23.1 Å². The predicted octanol–water partition coefficient (Wildman–Crippen LogP) is 2.04. The lowest BCUT2D eigenvalue weighted by atomic mass is 10.1. The number of furan rings is 1. The number of hydrazine groups is 1. The number of rotatable bonds is 4. The number of hydrogen-bond donors (Lipinski definition) is 2. The molecule has 6 heteroatoms. The molecule has 1 unspecified atom stereocenters. The smallest absolute Gasteiger partial charge is 0.162 e. The first-order valence-electron chi connectivity index (χ1n) is 6.66. The van der Waals surface area contributed by atoms with Crippen molar-refractivity contribution in [3.05, 3.63) is 47.5 Å². The number of benzene rings is 1. The van der Waals surface area contributed by atoms with Crippen LogP contribution in [-0.2, 0) is 7.05 Å². The van der Waals surface area contributed by atoms with Crippen LogP contribution < -0.4 is 16.0 Å². The van der Waals surface area contributed by atoms with Crippen LogP contribution in [0.3, 0.4) is 0 Å². The third-order valence-corrected chi connectivity index (χ3v) is 3.58. The van der Waals surface area contributed by atoms with Gasteiger partial charge >= 0.3 is 0 Å². The first-order valence-corrected chi connectivity index (χ1v) is 6.66. The number of nitrogens with two attached hydrogens (primary N) is 1. The Balaban J connectivity index is 2.11. The van der Waals surface area contributed by atoms with Crippen molar-refractivity contribution in [3.8, 4) is 5.75 Å². The van der Waals surface area contributed by atoms with Crippen molar-refractivity contribution >= 4 is 11.0 Å². The molecule has 2 heterocycles. The number of methoxy groups -OCH3 is 1. The molecule has 0 saturated heterocycles. The number of fused-ring (bicyclic) bond motifs is 1. The van der Waals surface area contributed by atoms with Gasteiger partial charge in [0.1, 0.15) is 23.1 Å². The number of aromatic nitrogens is 2. The second-order valence-electron chi connectivity index (χ2n) is 5.01. The average molecular weight is 286 g/mol. The molecule has 3 rings (SSSR count). The van der Waals surface area contributed by atoms with Crippen LogP contribution in [0, 0.1) is 6.92 Å². The summed E-state index contributed by atoms with van der Waals surface area (Å²) in [5.74, 6) is 7.12. The van der Waals surface area contributed by atoms with E-state index in [1.54, 1.807) is 18.0 Å². The molecule has 0 aliphatic rings. The van der Waals surface area contributed by atoms with E-state index >= 15 is 0 Å². The summed E-state index contributed by atoms with van der Waals surface area (Å²) in [6.45, 7) is 2.05. The maximum Gasteiger partial charge on any atom is 0.162 e. The zero-order chi connectivity index (χ0) is 15.0. The Morgan fingerprint density at radius 1 is 1.38 bits per heavy atom. The second kappa shape index (κ2) is 5.23. The summed E-state index contributed by atoms with van der Waals surface area (Å²) in [4.78, 5) is 0. The van der Waals surface area contributed by atoms with E-state index in [1.807, 2.05) is 25.2 Å². The summed E-state index contributed by atoms with van der Waals surface area (Å²) in [6, 6.07) is 7.71. The number of ether oxygens (including phenoxy) is 1. The summed E-state index contributed by atoms with van der Waals surface area (Å²) < 4.78 is 13.0. The summed E-state index contributed by atoms with van der Waals surface area (Å²) in [7, 11) is 3.45. The molecule has 21 heavy (non-hydrogen) atoms. The van der Waals surface area contributed by atoms with Gasteiger partial charge in [-0.15, -0.1) is 0 Å². The van der Waals surface area contributed by atoms with Crippen LogP contribution in [0.25, 0.3) is 11.0 Å². The Morgan fingerprint density at radius 2 is 2.19 bits per heavy atom. The van der Waals surface area contributed by atoms with Gasteiger partial charge < -0.3 is 9.15 Å². The van der Waals surface area contributed by atoms with E-state index in [-0.39, 0.29) is 6.04 Å². The number of aryl methyl sites for hydroxylation is 2. The maximum atomic E-state index is 5.92. The van der Waals surface area contributed by atoms with Gasteiger partial charge in [-0.05, 0) is 25.1 Å². The third-order valence-electron chi connectivity index (χ3n) is 3.58. The van der Waals surface area contributed by atoms with E-state index in [2.05, 4.69) is 23.5 Å². The second-order valence-corrected chi connectivity index (χ2v) is 5.01. The van der Waals surface area contributed by atoms with E-state index in [0.29, 0.717) is 5.75 Å². The van der Waals surface area contributed by atoms with Crippen molar-refractivity contribution < 1.29 is 9.15 Å².